The van der Waals surface area contributed by atoms with Gasteiger partial charge >= 0.3 is 0 Å². The number of nitrogens with one attached hydrogen (secondary N) is 1. The molecule has 0 unspecified atom stereocenters. The zero-order chi connectivity index (χ0) is 10.8. The lowest BCUT2D eigenvalue weighted by atomic mass is 10.1. The summed E-state index contributed by atoms with van der Waals surface area (Å²) in [5.74, 6) is 0.311. The summed E-state index contributed by atoms with van der Waals surface area (Å²) in [6.07, 6.45) is 0. The van der Waals surface area contributed by atoms with E-state index in [4.69, 9.17) is 0 Å². The molecule has 0 saturated heterocycles. The molecule has 0 aliphatic rings. The molecule has 1 aromatic heterocycles. The smallest absolute Gasteiger partial charge is 0.128 e. The van der Waals surface area contributed by atoms with Gasteiger partial charge in [0.2, 0.25) is 0 Å². The maximum Gasteiger partial charge on any atom is 0.128 e. The normalized spacial score (nSPS) is 10.3. The fraction of sp³-hybridized carbons (Fsp3) is 0.167. The van der Waals surface area contributed by atoms with Gasteiger partial charge in [-0.3, -0.25) is 0 Å². The van der Waals surface area contributed by atoms with Crippen LogP contribution in [-0.4, -0.2) is 5.11 Å². The third-order valence-corrected chi connectivity index (χ3v) is 3.19. The summed E-state index contributed by atoms with van der Waals surface area (Å²) in [6, 6.07) is 7.95. The van der Waals surface area contributed by atoms with Crippen molar-refractivity contribution >= 4 is 22.0 Å². The van der Waals surface area contributed by atoms with Gasteiger partial charge in [0.1, 0.15) is 5.75 Å². The highest BCUT2D eigenvalue weighted by Gasteiger charge is 2.00. The first-order valence-electron chi connectivity index (χ1n) is 4.77. The van der Waals surface area contributed by atoms with Crippen molar-refractivity contribution in [3.63, 3.8) is 0 Å². The Morgan fingerprint density at radius 3 is 2.53 bits per heavy atom. The lowest BCUT2D eigenvalue weighted by Crippen LogP contribution is -1.89. The van der Waals surface area contributed by atoms with Crippen molar-refractivity contribution in [1.82, 2.24) is 0 Å². The minimum absolute atomic E-state index is 0.311. The number of aryl methyl sites for hydroxylation is 2. The second-order valence-corrected chi connectivity index (χ2v) is 4.50. The first-order chi connectivity index (χ1) is 7.15. The van der Waals surface area contributed by atoms with Crippen molar-refractivity contribution in [2.45, 2.75) is 13.8 Å². The zero-order valence-corrected chi connectivity index (χ0v) is 9.56. The predicted octanol–water partition coefficient (Wildman–Crippen LogP) is 3.81. The number of rotatable bonds is 2. The highest BCUT2D eigenvalue weighted by Crippen LogP contribution is 2.28. The molecule has 0 aliphatic carbocycles. The molecule has 0 radical (unpaired) electrons. The van der Waals surface area contributed by atoms with E-state index in [-0.39, 0.29) is 0 Å². The Kier molecular flexibility index (Phi) is 2.64. The van der Waals surface area contributed by atoms with Gasteiger partial charge in [-0.15, -0.1) is 11.3 Å². The number of aromatic hydroxyl groups is 1. The lowest BCUT2D eigenvalue weighted by Gasteiger charge is -2.06. The van der Waals surface area contributed by atoms with E-state index in [0.29, 0.717) is 5.75 Å². The standard InChI is InChI=1S/C12H13NOS/c1-8-3-4-10(5-9(8)2)13-12-6-11(14)7-15-12/h3-7,13-14H,1-2H3. The van der Waals surface area contributed by atoms with Crippen molar-refractivity contribution in [3.8, 4) is 5.75 Å². The zero-order valence-electron chi connectivity index (χ0n) is 8.74. The molecule has 2 nitrogen and oxygen atoms in total. The average molecular weight is 219 g/mol. The van der Waals surface area contributed by atoms with E-state index in [1.807, 2.05) is 6.07 Å². The van der Waals surface area contributed by atoms with Crippen LogP contribution in [0.3, 0.4) is 0 Å². The summed E-state index contributed by atoms with van der Waals surface area (Å²) in [7, 11) is 0. The van der Waals surface area contributed by atoms with Crippen LogP contribution in [0.5, 0.6) is 5.75 Å². The first-order valence-corrected chi connectivity index (χ1v) is 5.65. The Bertz CT molecular complexity index is 476. The second kappa shape index (κ2) is 3.95. The average Bonchev–Trinajstić information content (AvgIpc) is 2.58. The molecule has 1 aromatic carbocycles. The molecule has 0 spiro atoms. The summed E-state index contributed by atoms with van der Waals surface area (Å²) in [5, 5.41) is 15.1. The Morgan fingerprint density at radius 2 is 1.93 bits per heavy atom. The van der Waals surface area contributed by atoms with Gasteiger partial charge in [0.25, 0.3) is 0 Å². The first kappa shape index (κ1) is 10.1. The molecule has 1 heterocycles. The van der Waals surface area contributed by atoms with E-state index in [2.05, 4.69) is 31.3 Å². The molecule has 2 rings (SSSR count). The molecule has 2 N–H and O–H groups in total. The Morgan fingerprint density at radius 1 is 1.13 bits per heavy atom. The van der Waals surface area contributed by atoms with Gasteiger partial charge in [0.15, 0.2) is 0 Å². The van der Waals surface area contributed by atoms with Gasteiger partial charge in [-0.2, -0.15) is 0 Å². The minimum atomic E-state index is 0.311. The summed E-state index contributed by atoms with van der Waals surface area (Å²) in [6.45, 7) is 4.18. The van der Waals surface area contributed by atoms with Crippen molar-refractivity contribution in [2.75, 3.05) is 5.32 Å². The van der Waals surface area contributed by atoms with Crippen LogP contribution in [0.15, 0.2) is 29.6 Å². The SMILES string of the molecule is Cc1ccc(Nc2cc(O)cs2)cc1C. The molecule has 0 atom stereocenters. The van der Waals surface area contributed by atoms with Crippen molar-refractivity contribution < 1.29 is 5.11 Å². The van der Waals surface area contributed by atoms with Crippen LogP contribution in [0, 0.1) is 13.8 Å². The van der Waals surface area contributed by atoms with Crippen LogP contribution < -0.4 is 5.32 Å². The minimum Gasteiger partial charge on any atom is -0.507 e. The number of hydrogen-bond donors (Lipinski definition) is 2. The molecule has 15 heavy (non-hydrogen) atoms. The molecule has 78 valence electrons. The molecule has 0 amide bonds. The lowest BCUT2D eigenvalue weighted by molar-refractivity contribution is 0.478. The van der Waals surface area contributed by atoms with Gasteiger partial charge in [-0.1, -0.05) is 6.07 Å². The van der Waals surface area contributed by atoms with Crippen LogP contribution >= 0.6 is 11.3 Å². The van der Waals surface area contributed by atoms with Crippen LogP contribution in [0.25, 0.3) is 0 Å². The highest BCUT2D eigenvalue weighted by molar-refractivity contribution is 7.14. The van der Waals surface area contributed by atoms with Crippen LogP contribution in [0.2, 0.25) is 0 Å². The summed E-state index contributed by atoms with van der Waals surface area (Å²) in [4.78, 5) is 0. The Hall–Kier alpha value is -1.48. The van der Waals surface area contributed by atoms with E-state index in [1.165, 1.54) is 22.5 Å². The van der Waals surface area contributed by atoms with Crippen molar-refractivity contribution in [3.05, 3.63) is 40.8 Å². The Labute approximate surface area is 93.2 Å². The van der Waals surface area contributed by atoms with E-state index in [9.17, 15) is 5.11 Å². The van der Waals surface area contributed by atoms with Crippen molar-refractivity contribution in [1.29, 1.82) is 0 Å². The molecule has 0 aliphatic heterocycles. The van der Waals surface area contributed by atoms with Gasteiger partial charge < -0.3 is 10.4 Å². The third-order valence-electron chi connectivity index (χ3n) is 2.36. The molecule has 0 bridgehead atoms. The van der Waals surface area contributed by atoms with Crippen LogP contribution in [0.4, 0.5) is 10.7 Å². The highest BCUT2D eigenvalue weighted by atomic mass is 32.1. The van der Waals surface area contributed by atoms with Gasteiger partial charge in [-0.25, -0.2) is 0 Å². The summed E-state index contributed by atoms with van der Waals surface area (Å²) >= 11 is 1.49. The Balaban J connectivity index is 2.21. The van der Waals surface area contributed by atoms with E-state index in [0.717, 1.165) is 10.7 Å². The number of thiophene rings is 1. The largest absolute Gasteiger partial charge is 0.507 e. The quantitative estimate of drug-likeness (QED) is 0.805. The number of hydrogen-bond acceptors (Lipinski definition) is 3. The topological polar surface area (TPSA) is 32.3 Å². The van der Waals surface area contributed by atoms with Gasteiger partial charge in [0.05, 0.1) is 5.00 Å². The van der Waals surface area contributed by atoms with E-state index < -0.39 is 0 Å². The monoisotopic (exact) mass is 219 g/mol. The molecular weight excluding hydrogens is 206 g/mol. The van der Waals surface area contributed by atoms with E-state index in [1.54, 1.807) is 11.4 Å². The van der Waals surface area contributed by atoms with Gasteiger partial charge in [0, 0.05) is 17.1 Å². The summed E-state index contributed by atoms with van der Waals surface area (Å²) in [5.41, 5.74) is 3.61. The number of anilines is 2. The fourth-order valence-electron chi connectivity index (χ4n) is 1.35. The van der Waals surface area contributed by atoms with Crippen molar-refractivity contribution in [2.24, 2.45) is 0 Å². The molecular formula is C12H13NOS. The predicted molar refractivity (Wildman–Crippen MR) is 65.2 cm³/mol. The third kappa shape index (κ3) is 2.30. The second-order valence-electron chi connectivity index (χ2n) is 3.59. The molecule has 2 aromatic rings. The maximum absolute atomic E-state index is 9.20. The van der Waals surface area contributed by atoms with E-state index >= 15 is 0 Å². The molecule has 0 saturated carbocycles. The van der Waals surface area contributed by atoms with Gasteiger partial charge in [-0.05, 0) is 37.1 Å². The van der Waals surface area contributed by atoms with Crippen LogP contribution in [-0.2, 0) is 0 Å². The number of benzene rings is 1. The molecule has 3 heteroatoms. The molecule has 0 fully saturated rings. The summed E-state index contributed by atoms with van der Waals surface area (Å²) < 4.78 is 0. The van der Waals surface area contributed by atoms with Crippen LogP contribution in [0.1, 0.15) is 11.1 Å². The maximum atomic E-state index is 9.20. The fourth-order valence-corrected chi connectivity index (χ4v) is 2.03.